The number of Topliss-reactive ketones (excluding diaryl/α,β-unsaturated/α-hetero) is 1. The number of esters is 1. The van der Waals surface area contributed by atoms with Crippen LogP contribution < -0.4 is 4.90 Å². The van der Waals surface area contributed by atoms with Crippen LogP contribution in [0.1, 0.15) is 120 Å². The first-order valence-electron chi connectivity index (χ1n) is 18.3. The number of aromatic amines is 1. The molecule has 1 unspecified atom stereocenters. The quantitative estimate of drug-likeness (QED) is 0.0530. The predicted molar refractivity (Wildman–Crippen MR) is 201 cm³/mol. The lowest BCUT2D eigenvalue weighted by molar-refractivity contribution is -0.148. The summed E-state index contributed by atoms with van der Waals surface area (Å²) in [7, 11) is 0. The van der Waals surface area contributed by atoms with Gasteiger partial charge in [0.15, 0.2) is 0 Å². The normalized spacial score (nSPS) is 11.4. The summed E-state index contributed by atoms with van der Waals surface area (Å²) in [4.78, 5) is 51.5. The van der Waals surface area contributed by atoms with Gasteiger partial charge in [0.25, 0.3) is 0 Å². The van der Waals surface area contributed by atoms with Gasteiger partial charge < -0.3 is 14.7 Å². The van der Waals surface area contributed by atoms with Crippen molar-refractivity contribution in [1.29, 1.82) is 0 Å². The lowest BCUT2D eigenvalue weighted by atomic mass is 9.93. The Bertz CT molecular complexity index is 1680. The Labute approximate surface area is 302 Å². The summed E-state index contributed by atoms with van der Waals surface area (Å²) in [5.41, 5.74) is 5.46. The van der Waals surface area contributed by atoms with Crippen molar-refractivity contribution in [3.05, 3.63) is 89.0 Å². The molecule has 0 aliphatic heterocycles. The third-order valence-electron chi connectivity index (χ3n) is 8.72. The van der Waals surface area contributed by atoms with E-state index < -0.39 is 17.9 Å². The third-order valence-corrected chi connectivity index (χ3v) is 8.72. The zero-order valence-corrected chi connectivity index (χ0v) is 30.7. The number of anilines is 1. The van der Waals surface area contributed by atoms with Gasteiger partial charge in [-0.05, 0) is 60.7 Å². The average Bonchev–Trinajstić information content (AvgIpc) is 3.58. The van der Waals surface area contributed by atoms with Gasteiger partial charge in [0.05, 0.1) is 19.6 Å². The maximum Gasteiger partial charge on any atom is 0.321 e. The van der Waals surface area contributed by atoms with E-state index >= 15 is 0 Å². The molecule has 0 fully saturated rings. The molecule has 0 saturated heterocycles. The highest BCUT2D eigenvalue weighted by atomic mass is 16.5. The molecule has 0 radical (unpaired) electrons. The van der Waals surface area contributed by atoms with Gasteiger partial charge in [-0.3, -0.25) is 19.2 Å². The number of nitrogens with zero attached hydrogens (tertiary/aromatic N) is 3. The second kappa shape index (κ2) is 22.1. The van der Waals surface area contributed by atoms with Crippen molar-refractivity contribution >= 4 is 40.3 Å². The number of aryl methyl sites for hydroxylation is 1. The number of carbonyl (C=O) groups excluding carboxylic acids is 3. The fourth-order valence-corrected chi connectivity index (χ4v) is 5.90. The molecule has 0 bridgehead atoms. The van der Waals surface area contributed by atoms with Crippen molar-refractivity contribution < 1.29 is 29.0 Å². The van der Waals surface area contributed by atoms with Crippen molar-refractivity contribution in [3.63, 3.8) is 0 Å². The van der Waals surface area contributed by atoms with Crippen LogP contribution in [0.25, 0.3) is 11.0 Å². The molecule has 51 heavy (non-hydrogen) atoms. The number of carbonyl (C=O) groups is 4. The molecule has 4 rings (SSSR count). The number of benzene rings is 3. The fraction of sp³-hybridized carbons (Fsp3) is 0.463. The minimum Gasteiger partial charge on any atom is -0.481 e. The molecule has 274 valence electrons. The molecule has 1 heterocycles. The number of hydrogen-bond donors (Lipinski definition) is 2. The largest absolute Gasteiger partial charge is 0.481 e. The van der Waals surface area contributed by atoms with E-state index in [2.05, 4.69) is 22.3 Å². The summed E-state index contributed by atoms with van der Waals surface area (Å²) in [6.45, 7) is 7.87. The number of carboxylic acids is 1. The number of hydrogen-bond acceptors (Lipinski definition) is 7. The van der Waals surface area contributed by atoms with Gasteiger partial charge in [0.2, 0.25) is 5.91 Å². The number of unbranched alkanes of at least 4 members (excludes halogenated alkanes) is 9. The van der Waals surface area contributed by atoms with E-state index in [9.17, 15) is 19.2 Å². The smallest absolute Gasteiger partial charge is 0.321 e. The van der Waals surface area contributed by atoms with Crippen LogP contribution in [0, 0.1) is 6.92 Å². The van der Waals surface area contributed by atoms with Gasteiger partial charge in [0.1, 0.15) is 22.7 Å². The summed E-state index contributed by atoms with van der Waals surface area (Å²) < 4.78 is 5.57. The molecular formula is C41H54N4O6. The van der Waals surface area contributed by atoms with Gasteiger partial charge in [-0.2, -0.15) is 15.4 Å². The first-order valence-corrected chi connectivity index (χ1v) is 18.3. The maximum absolute atomic E-state index is 13.1. The first-order chi connectivity index (χ1) is 24.6. The number of fused-ring (bicyclic) bond motifs is 1. The Morgan fingerprint density at radius 3 is 2.02 bits per heavy atom. The SMILES string of the molecule is CCCCCCCCCCCCOC(=O)C(C(C)=O)c1ccccc1N(Cc1ccc(CC(=O)O)cc1)C(=O)CC.Cc1ccc2n[nH]nc2c1. The molecule has 2 N–H and O–H groups in total. The van der Waals surface area contributed by atoms with Gasteiger partial charge in [-0.1, -0.05) is 120 Å². The molecule has 0 aliphatic carbocycles. The number of ketones is 1. The highest BCUT2D eigenvalue weighted by Crippen LogP contribution is 2.31. The average molecular weight is 699 g/mol. The van der Waals surface area contributed by atoms with E-state index in [0.29, 0.717) is 16.8 Å². The van der Waals surface area contributed by atoms with Crippen LogP contribution in [0.5, 0.6) is 0 Å². The zero-order chi connectivity index (χ0) is 37.0. The monoisotopic (exact) mass is 698 g/mol. The second-order valence-electron chi connectivity index (χ2n) is 13.0. The van der Waals surface area contributed by atoms with Crippen LogP contribution in [0.15, 0.2) is 66.7 Å². The molecule has 4 aromatic rings. The molecule has 0 saturated carbocycles. The van der Waals surface area contributed by atoms with Crippen molar-refractivity contribution in [2.45, 2.75) is 117 Å². The van der Waals surface area contributed by atoms with Crippen molar-refractivity contribution in [1.82, 2.24) is 15.4 Å². The van der Waals surface area contributed by atoms with Gasteiger partial charge in [0, 0.05) is 12.1 Å². The van der Waals surface area contributed by atoms with Crippen LogP contribution in [-0.4, -0.2) is 50.8 Å². The van der Waals surface area contributed by atoms with Crippen molar-refractivity contribution in [2.24, 2.45) is 0 Å². The number of rotatable bonds is 20. The standard InChI is InChI=1S/C34H47NO6.C7H7N3/c1-4-6-7-8-9-10-11-12-13-16-23-41-34(40)33(26(3)36)29-17-14-15-18-30(29)35(31(37)5-2)25-28-21-19-27(20-22-28)24-32(38)39;1-5-2-3-6-7(4-5)9-10-8-6/h14-15,17-22,33H,4-13,16,23-25H2,1-3H3,(H,38,39);2-4H,1H3,(H,8,9,10). The Balaban J connectivity index is 0.000000592. The van der Waals surface area contributed by atoms with Crippen LogP contribution in [0.4, 0.5) is 5.69 Å². The molecule has 1 amide bonds. The molecule has 10 heteroatoms. The Morgan fingerprint density at radius 1 is 0.784 bits per heavy atom. The summed E-state index contributed by atoms with van der Waals surface area (Å²) in [5, 5.41) is 19.5. The highest BCUT2D eigenvalue weighted by molar-refractivity contribution is 6.06. The third kappa shape index (κ3) is 13.8. The Hall–Kier alpha value is -4.86. The predicted octanol–water partition coefficient (Wildman–Crippen LogP) is 8.66. The summed E-state index contributed by atoms with van der Waals surface area (Å²) in [5.74, 6) is -3.13. The second-order valence-corrected chi connectivity index (χ2v) is 13.0. The van der Waals surface area contributed by atoms with E-state index in [1.165, 1.54) is 57.4 Å². The first kappa shape index (κ1) is 40.6. The number of nitrogens with one attached hydrogen (secondary N) is 1. The maximum atomic E-state index is 13.1. The van der Waals surface area contributed by atoms with Crippen molar-refractivity contribution in [3.8, 4) is 0 Å². The lowest BCUT2D eigenvalue weighted by Gasteiger charge is -2.27. The fourth-order valence-electron chi connectivity index (χ4n) is 5.90. The topological polar surface area (TPSA) is 143 Å². The molecule has 0 spiro atoms. The van der Waals surface area contributed by atoms with Crippen LogP contribution in [0.2, 0.25) is 0 Å². The molecular weight excluding hydrogens is 644 g/mol. The Kier molecular flexibility index (Phi) is 17.5. The lowest BCUT2D eigenvalue weighted by Crippen LogP contribution is -2.32. The Morgan fingerprint density at radius 2 is 1.39 bits per heavy atom. The van der Waals surface area contributed by atoms with Gasteiger partial charge in [-0.15, -0.1) is 0 Å². The summed E-state index contributed by atoms with van der Waals surface area (Å²) in [6.07, 6.45) is 11.9. The van der Waals surface area contributed by atoms with Crippen LogP contribution in [-0.2, 0) is 36.9 Å². The van der Waals surface area contributed by atoms with E-state index in [0.717, 1.165) is 35.9 Å². The molecule has 1 aromatic heterocycles. The van der Waals surface area contributed by atoms with Crippen LogP contribution in [0.3, 0.4) is 0 Å². The highest BCUT2D eigenvalue weighted by Gasteiger charge is 2.31. The number of H-pyrrole nitrogens is 1. The zero-order valence-electron chi connectivity index (χ0n) is 30.7. The summed E-state index contributed by atoms with van der Waals surface area (Å²) in [6, 6.07) is 20.0. The minimum atomic E-state index is -1.13. The number of aliphatic carboxylic acids is 1. The number of aromatic nitrogens is 3. The van der Waals surface area contributed by atoms with E-state index in [1.54, 1.807) is 60.4 Å². The van der Waals surface area contributed by atoms with E-state index in [1.807, 2.05) is 25.1 Å². The number of carboxylic acid groups (broad SMARTS) is 1. The van der Waals surface area contributed by atoms with Gasteiger partial charge >= 0.3 is 11.9 Å². The number of amides is 1. The molecule has 3 aromatic carbocycles. The number of ether oxygens (including phenoxy) is 1. The molecule has 1 atom stereocenters. The van der Waals surface area contributed by atoms with Crippen LogP contribution >= 0.6 is 0 Å². The molecule has 0 aliphatic rings. The minimum absolute atomic E-state index is 0.0811. The van der Waals surface area contributed by atoms with Crippen molar-refractivity contribution in [2.75, 3.05) is 11.5 Å². The summed E-state index contributed by atoms with van der Waals surface area (Å²) >= 11 is 0. The van der Waals surface area contributed by atoms with E-state index in [4.69, 9.17) is 9.84 Å². The number of para-hydroxylation sites is 1. The molecule has 10 nitrogen and oxygen atoms in total. The van der Waals surface area contributed by atoms with E-state index in [-0.39, 0.29) is 37.7 Å². The van der Waals surface area contributed by atoms with Gasteiger partial charge in [-0.25, -0.2) is 0 Å².